The molecular weight excluding hydrogens is 1040 g/mol. The van der Waals surface area contributed by atoms with Crippen LogP contribution in [-0.2, 0) is 52.6 Å². The number of benzene rings is 4. The molecule has 0 saturated heterocycles. The van der Waals surface area contributed by atoms with Crippen molar-refractivity contribution in [1.82, 2.24) is 28.4 Å². The summed E-state index contributed by atoms with van der Waals surface area (Å²) < 4.78 is 123. The Morgan fingerprint density at radius 3 is 1.39 bits per heavy atom. The SMILES string of the molecule is Cc1c(-c2cccc(S(=O)(=O)N(C)C)c2)c2cc(N)ccc2n1C/C(F)=C/CNC(=O)OC(C)(C)C.Cc1c(-c2cccc(S(=O)(=O)N(C)C)c2)c2cc(NS(C)(=O)=O)ccc2n1C/C(F)=C/CNC(=O)OC(C)(C)C. The summed E-state index contributed by atoms with van der Waals surface area (Å²) in [6.07, 6.45) is 2.27. The number of aromatic nitrogens is 2. The van der Waals surface area contributed by atoms with Gasteiger partial charge in [0, 0.05) is 97.0 Å². The normalized spacial score (nSPS) is 13.0. The number of allylic oxidation sites excluding steroid dienone is 2. The number of nitrogens with zero attached hydrogens (tertiary/aromatic N) is 4. The average molecular weight is 1110 g/mol. The molecule has 18 nitrogen and oxygen atoms in total. The van der Waals surface area contributed by atoms with E-state index in [4.69, 9.17) is 15.2 Å². The molecule has 0 fully saturated rings. The zero-order valence-corrected chi connectivity index (χ0v) is 47.4. The van der Waals surface area contributed by atoms with Gasteiger partial charge in [-0.15, -0.1) is 0 Å². The molecule has 2 aromatic heterocycles. The fraction of sp³-hybridized carbons (Fsp3) is 0.358. The van der Waals surface area contributed by atoms with Gasteiger partial charge in [-0.05, 0) is 139 Å². The van der Waals surface area contributed by atoms with Crippen molar-refractivity contribution in [3.05, 3.63) is 120 Å². The minimum absolute atomic E-state index is 0.0246. The van der Waals surface area contributed by atoms with Crippen LogP contribution in [0.1, 0.15) is 52.9 Å². The van der Waals surface area contributed by atoms with Gasteiger partial charge < -0.3 is 35.0 Å². The van der Waals surface area contributed by atoms with Crippen LogP contribution in [-0.4, -0.2) is 114 Å². The Kier molecular flexibility index (Phi) is 18.7. The van der Waals surface area contributed by atoms with E-state index in [-0.39, 0.29) is 36.0 Å². The summed E-state index contributed by atoms with van der Waals surface area (Å²) in [6, 6.07) is 23.3. The highest BCUT2D eigenvalue weighted by molar-refractivity contribution is 7.92. The van der Waals surface area contributed by atoms with Gasteiger partial charge in [-0.2, -0.15) is 0 Å². The highest BCUT2D eigenvalue weighted by Gasteiger charge is 2.24. The summed E-state index contributed by atoms with van der Waals surface area (Å²) in [6.45, 7) is 13.7. The number of sulfonamides is 3. The largest absolute Gasteiger partial charge is 0.444 e. The molecule has 23 heteroatoms. The molecular formula is C53H68F2N8O10S3. The van der Waals surface area contributed by atoms with Gasteiger partial charge in [0.25, 0.3) is 0 Å². The number of amides is 2. The van der Waals surface area contributed by atoms with Crippen LogP contribution in [0.2, 0.25) is 0 Å². The lowest BCUT2D eigenvalue weighted by molar-refractivity contribution is 0.0522. The van der Waals surface area contributed by atoms with Gasteiger partial charge >= 0.3 is 12.2 Å². The van der Waals surface area contributed by atoms with Crippen molar-refractivity contribution in [3.8, 4) is 22.3 Å². The van der Waals surface area contributed by atoms with E-state index in [1.54, 1.807) is 118 Å². The molecule has 0 bridgehead atoms. The number of nitrogens with one attached hydrogen (secondary N) is 3. The number of ether oxygens (including phenoxy) is 2. The molecule has 6 aromatic rings. The summed E-state index contributed by atoms with van der Waals surface area (Å²) in [5, 5.41) is 6.38. The molecule has 4 aromatic carbocycles. The lowest BCUT2D eigenvalue weighted by Gasteiger charge is -2.19. The van der Waals surface area contributed by atoms with Crippen LogP contribution in [0.15, 0.2) is 119 Å². The fourth-order valence-electron chi connectivity index (χ4n) is 7.99. The number of hydrogen-bond donors (Lipinski definition) is 4. The predicted octanol–water partition coefficient (Wildman–Crippen LogP) is 9.44. The highest BCUT2D eigenvalue weighted by Crippen LogP contribution is 2.39. The molecule has 6 rings (SSSR count). The second kappa shape index (κ2) is 23.6. The average Bonchev–Trinajstić information content (AvgIpc) is 3.71. The Hall–Kier alpha value is -6.79. The molecule has 0 spiro atoms. The molecule has 0 aliphatic rings. The molecule has 0 aliphatic heterocycles. The maximum atomic E-state index is 15.1. The fourth-order valence-corrected chi connectivity index (χ4v) is 10.4. The van der Waals surface area contributed by atoms with Crippen LogP contribution >= 0.6 is 0 Å². The molecule has 412 valence electrons. The third-order valence-electron chi connectivity index (χ3n) is 11.3. The highest BCUT2D eigenvalue weighted by atomic mass is 32.2. The number of fused-ring (bicyclic) bond motifs is 2. The number of rotatable bonds is 16. The van der Waals surface area contributed by atoms with Gasteiger partial charge in [-0.25, -0.2) is 52.2 Å². The van der Waals surface area contributed by atoms with E-state index in [1.807, 2.05) is 19.1 Å². The first-order valence-electron chi connectivity index (χ1n) is 23.8. The number of nitrogens with two attached hydrogens (primary N) is 1. The lowest BCUT2D eigenvalue weighted by Crippen LogP contribution is -2.32. The van der Waals surface area contributed by atoms with Crippen molar-refractivity contribution in [3.63, 3.8) is 0 Å². The molecule has 0 atom stereocenters. The predicted molar refractivity (Wildman–Crippen MR) is 296 cm³/mol. The molecule has 0 saturated carbocycles. The van der Waals surface area contributed by atoms with Gasteiger partial charge in [0.2, 0.25) is 30.1 Å². The van der Waals surface area contributed by atoms with Crippen molar-refractivity contribution in [1.29, 1.82) is 0 Å². The number of nitrogen functional groups attached to an aromatic ring is 1. The summed E-state index contributed by atoms with van der Waals surface area (Å²) in [4.78, 5) is 23.9. The van der Waals surface area contributed by atoms with Crippen molar-refractivity contribution in [2.45, 2.75) is 89.5 Å². The second-order valence-corrected chi connectivity index (χ2v) is 26.2. The Bertz CT molecular complexity index is 3560. The first-order valence-corrected chi connectivity index (χ1v) is 28.5. The summed E-state index contributed by atoms with van der Waals surface area (Å²) >= 11 is 0. The summed E-state index contributed by atoms with van der Waals surface area (Å²) in [5.41, 5.74) is 11.0. The van der Waals surface area contributed by atoms with Crippen LogP contribution in [0.4, 0.5) is 29.7 Å². The van der Waals surface area contributed by atoms with E-state index in [1.165, 1.54) is 52.5 Å². The van der Waals surface area contributed by atoms with E-state index in [0.29, 0.717) is 44.7 Å². The molecule has 0 aliphatic carbocycles. The first-order chi connectivity index (χ1) is 35.1. The third-order valence-corrected chi connectivity index (χ3v) is 15.6. The molecule has 0 unspecified atom stereocenters. The quantitative estimate of drug-likeness (QED) is 0.0667. The Morgan fingerprint density at radius 1 is 0.618 bits per heavy atom. The maximum Gasteiger partial charge on any atom is 0.407 e. The van der Waals surface area contributed by atoms with Crippen molar-refractivity contribution < 1.29 is 53.1 Å². The van der Waals surface area contributed by atoms with Gasteiger partial charge in [-0.1, -0.05) is 24.3 Å². The van der Waals surface area contributed by atoms with Gasteiger partial charge in [0.05, 0.1) is 29.1 Å². The molecule has 2 heterocycles. The van der Waals surface area contributed by atoms with Gasteiger partial charge in [0.1, 0.15) is 22.9 Å². The third kappa shape index (κ3) is 15.4. The van der Waals surface area contributed by atoms with Gasteiger partial charge in [-0.3, -0.25) is 4.72 Å². The second-order valence-electron chi connectivity index (χ2n) is 20.2. The minimum Gasteiger partial charge on any atom is -0.444 e. The van der Waals surface area contributed by atoms with E-state index in [9.17, 15) is 39.2 Å². The van der Waals surface area contributed by atoms with E-state index in [0.717, 1.165) is 37.0 Å². The molecule has 76 heavy (non-hydrogen) atoms. The topological polar surface area (TPSA) is 233 Å². The van der Waals surface area contributed by atoms with E-state index >= 15 is 4.39 Å². The molecule has 5 N–H and O–H groups in total. The number of carbonyl (C=O) groups is 2. The number of carbonyl (C=O) groups excluding carboxylic acids is 2. The van der Waals surface area contributed by atoms with Crippen LogP contribution in [0, 0.1) is 13.8 Å². The smallest absolute Gasteiger partial charge is 0.407 e. The van der Waals surface area contributed by atoms with Crippen LogP contribution < -0.4 is 21.1 Å². The Morgan fingerprint density at radius 2 is 1.01 bits per heavy atom. The number of hydrogen-bond acceptors (Lipinski definition) is 11. The Balaban J connectivity index is 0.000000282. The van der Waals surface area contributed by atoms with Crippen LogP contribution in [0.3, 0.4) is 0 Å². The van der Waals surface area contributed by atoms with Crippen molar-refractivity contribution in [2.75, 3.05) is 58.0 Å². The van der Waals surface area contributed by atoms with Crippen molar-refractivity contribution >= 4 is 75.4 Å². The molecule has 2 amide bonds. The maximum absolute atomic E-state index is 15.1. The zero-order valence-electron chi connectivity index (χ0n) is 45.0. The lowest BCUT2D eigenvalue weighted by atomic mass is 10.0. The summed E-state index contributed by atoms with van der Waals surface area (Å²) in [5.74, 6) is -0.969. The first kappa shape index (κ1) is 60.1. The standard InChI is InChI=1S/C27H35FN4O6S2.C26H33FN4O4S/c1-18-25(19-9-8-10-22(15-19)40(36,37)31(5)6)23-16-21(30-39(7,34)35)11-12-24(23)32(18)17-20(28)13-14-29-26(33)38-27(2,3)4;1-17-24(18-8-7-9-21(14-18)36(33,34)30(5)6)22-15-20(28)10-11-23(22)31(17)16-19(27)12-13-29-25(32)35-26(2,3)4/h8-13,15-16,30H,14,17H2,1-7H3,(H,29,33);7-12,14-15H,13,16,28H2,1-6H3,(H,29,32)/b20-13-;19-12-. The number of anilines is 2. The number of alkyl carbamates (subject to hydrolysis) is 2. The zero-order chi connectivity index (χ0) is 56.9. The van der Waals surface area contributed by atoms with Crippen LogP contribution in [0.5, 0.6) is 0 Å². The van der Waals surface area contributed by atoms with Crippen LogP contribution in [0.25, 0.3) is 44.1 Å². The van der Waals surface area contributed by atoms with E-state index in [2.05, 4.69) is 15.4 Å². The number of halogens is 2. The minimum atomic E-state index is -3.73. The van der Waals surface area contributed by atoms with Gasteiger partial charge in [0.15, 0.2) is 0 Å². The summed E-state index contributed by atoms with van der Waals surface area (Å²) in [7, 11) is -5.09. The van der Waals surface area contributed by atoms with E-state index < -0.39 is 65.1 Å². The monoisotopic (exact) mass is 1110 g/mol. The Labute approximate surface area is 444 Å². The van der Waals surface area contributed by atoms with Crippen molar-refractivity contribution in [2.24, 2.45) is 0 Å². The molecule has 0 radical (unpaired) electrons.